The maximum absolute atomic E-state index is 12.9. The first kappa shape index (κ1) is 19.9. The number of aryl methyl sites for hydroxylation is 1. The topological polar surface area (TPSA) is 74.1 Å². The molecular weight excluding hydrogens is 367 g/mol. The maximum atomic E-state index is 12.9. The predicted molar refractivity (Wildman–Crippen MR) is 88.5 cm³/mol. The highest BCUT2D eigenvalue weighted by molar-refractivity contribution is 7.89. The van der Waals surface area contributed by atoms with Gasteiger partial charge in [-0.05, 0) is 37.1 Å². The Kier molecular flexibility index (Phi) is 5.39. The molecule has 1 atom stereocenters. The summed E-state index contributed by atoms with van der Waals surface area (Å²) in [4.78, 5) is 3.58. The maximum Gasteiger partial charge on any atom is 0.416 e. The lowest BCUT2D eigenvalue weighted by Crippen LogP contribution is -2.30. The van der Waals surface area contributed by atoms with Crippen LogP contribution in [-0.2, 0) is 16.2 Å². The summed E-state index contributed by atoms with van der Waals surface area (Å²) in [6.45, 7) is 2.90. The van der Waals surface area contributed by atoms with Gasteiger partial charge in [-0.3, -0.25) is 4.98 Å². The molecule has 0 aliphatic heterocycles. The van der Waals surface area contributed by atoms with Crippen molar-refractivity contribution >= 4 is 10.0 Å². The molecule has 0 amide bonds. The molecule has 2 aromatic rings. The third kappa shape index (κ3) is 3.86. The van der Waals surface area contributed by atoms with Crippen LogP contribution in [0.3, 0.4) is 0 Å². The smallest absolute Gasteiger partial charge is 0.262 e. The van der Waals surface area contributed by atoms with Crippen molar-refractivity contribution in [3.05, 3.63) is 58.9 Å². The van der Waals surface area contributed by atoms with Gasteiger partial charge in [0.2, 0.25) is 10.0 Å². The molecule has 9 heteroatoms. The SMILES string of the molecule is Cc1cc([C@H](C)N(C)S(=O)(=O)c2cncc(C#N)c2)ccc1C(F)(F)F. The normalized spacial score (nSPS) is 13.5. The molecule has 0 N–H and O–H groups in total. The van der Waals surface area contributed by atoms with Crippen molar-refractivity contribution < 1.29 is 21.6 Å². The zero-order valence-corrected chi connectivity index (χ0v) is 15.1. The van der Waals surface area contributed by atoms with Gasteiger partial charge in [0.05, 0.1) is 11.1 Å². The summed E-state index contributed by atoms with van der Waals surface area (Å²) in [7, 11) is -2.65. The lowest BCUT2D eigenvalue weighted by Gasteiger charge is -2.25. The van der Waals surface area contributed by atoms with Crippen molar-refractivity contribution in [1.29, 1.82) is 5.26 Å². The van der Waals surface area contributed by atoms with Crippen molar-refractivity contribution in [3.63, 3.8) is 0 Å². The Morgan fingerprint density at radius 1 is 1.23 bits per heavy atom. The average molecular weight is 383 g/mol. The van der Waals surface area contributed by atoms with E-state index in [2.05, 4.69) is 4.98 Å². The Bertz CT molecular complexity index is 966. The number of pyridine rings is 1. The number of aromatic nitrogens is 1. The molecule has 0 bridgehead atoms. The quantitative estimate of drug-likeness (QED) is 0.808. The summed E-state index contributed by atoms with van der Waals surface area (Å²) < 4.78 is 65.1. The summed E-state index contributed by atoms with van der Waals surface area (Å²) >= 11 is 0. The van der Waals surface area contributed by atoms with E-state index in [-0.39, 0.29) is 16.0 Å². The van der Waals surface area contributed by atoms with Crippen LogP contribution in [0.1, 0.15) is 35.2 Å². The molecule has 1 heterocycles. The van der Waals surface area contributed by atoms with Crippen LogP contribution in [0.4, 0.5) is 13.2 Å². The standard InChI is InChI=1S/C17H16F3N3O2S/c1-11-6-14(4-5-16(11)17(18,19)20)12(2)23(3)26(24,25)15-7-13(8-21)9-22-10-15/h4-7,9-10,12H,1-3H3/t12-/m0/s1. The van der Waals surface area contributed by atoms with Crippen molar-refractivity contribution in [3.8, 4) is 6.07 Å². The number of sulfonamides is 1. The number of benzene rings is 1. The monoisotopic (exact) mass is 383 g/mol. The van der Waals surface area contributed by atoms with E-state index >= 15 is 0 Å². The van der Waals surface area contributed by atoms with Crippen molar-refractivity contribution in [1.82, 2.24) is 9.29 Å². The van der Waals surface area contributed by atoms with Crippen LogP contribution in [0.15, 0.2) is 41.6 Å². The van der Waals surface area contributed by atoms with Crippen molar-refractivity contribution in [2.75, 3.05) is 7.05 Å². The van der Waals surface area contributed by atoms with Gasteiger partial charge in [0, 0.05) is 25.5 Å². The molecule has 1 aromatic carbocycles. The zero-order chi connectivity index (χ0) is 19.7. The molecule has 2 rings (SSSR count). The zero-order valence-electron chi connectivity index (χ0n) is 14.2. The molecule has 0 saturated heterocycles. The number of alkyl halides is 3. The second kappa shape index (κ2) is 7.05. The van der Waals surface area contributed by atoms with Crippen LogP contribution in [0.25, 0.3) is 0 Å². The summed E-state index contributed by atoms with van der Waals surface area (Å²) in [5.41, 5.74) is -0.228. The van der Waals surface area contributed by atoms with Crippen LogP contribution in [0.2, 0.25) is 0 Å². The number of rotatable bonds is 4. The lowest BCUT2D eigenvalue weighted by molar-refractivity contribution is -0.138. The van der Waals surface area contributed by atoms with Crippen molar-refractivity contribution in [2.45, 2.75) is 31.0 Å². The molecule has 0 aliphatic carbocycles. The van der Waals surface area contributed by atoms with Gasteiger partial charge >= 0.3 is 6.18 Å². The fourth-order valence-corrected chi connectivity index (χ4v) is 3.81. The Labute approximate surface area is 149 Å². The van der Waals surface area contributed by atoms with E-state index in [1.54, 1.807) is 6.92 Å². The van der Waals surface area contributed by atoms with Gasteiger partial charge in [0.15, 0.2) is 0 Å². The first-order valence-electron chi connectivity index (χ1n) is 7.49. The molecule has 0 fully saturated rings. The van der Waals surface area contributed by atoms with Crippen molar-refractivity contribution in [2.24, 2.45) is 0 Å². The number of halogens is 3. The molecule has 0 radical (unpaired) electrons. The largest absolute Gasteiger partial charge is 0.416 e. The van der Waals surface area contributed by atoms with E-state index in [1.807, 2.05) is 6.07 Å². The molecule has 138 valence electrons. The van der Waals surface area contributed by atoms with Gasteiger partial charge < -0.3 is 0 Å². The minimum atomic E-state index is -4.47. The molecular formula is C17H16F3N3O2S. The van der Waals surface area contributed by atoms with E-state index in [4.69, 9.17) is 5.26 Å². The first-order valence-corrected chi connectivity index (χ1v) is 8.93. The van der Waals surface area contributed by atoms with E-state index in [1.165, 1.54) is 38.4 Å². The highest BCUT2D eigenvalue weighted by atomic mass is 32.2. The summed E-state index contributed by atoms with van der Waals surface area (Å²) in [6.07, 6.45) is -2.10. The molecule has 0 saturated carbocycles. The van der Waals surface area contributed by atoms with E-state index in [0.29, 0.717) is 5.56 Å². The molecule has 5 nitrogen and oxygen atoms in total. The first-order chi connectivity index (χ1) is 12.0. The van der Waals surface area contributed by atoms with Crippen LogP contribution in [0, 0.1) is 18.3 Å². The predicted octanol–water partition coefficient (Wildman–Crippen LogP) is 3.66. The van der Waals surface area contributed by atoms with Gasteiger partial charge in [0.1, 0.15) is 11.0 Å². The lowest BCUT2D eigenvalue weighted by atomic mass is 10.0. The number of hydrogen-bond acceptors (Lipinski definition) is 4. The molecule has 26 heavy (non-hydrogen) atoms. The van der Waals surface area contributed by atoms with Crippen LogP contribution in [0.5, 0.6) is 0 Å². The number of nitrogens with zero attached hydrogens (tertiary/aromatic N) is 3. The fourth-order valence-electron chi connectivity index (χ4n) is 2.47. The fraction of sp³-hybridized carbons (Fsp3) is 0.294. The van der Waals surface area contributed by atoms with Crippen LogP contribution in [-0.4, -0.2) is 24.8 Å². The highest BCUT2D eigenvalue weighted by Crippen LogP contribution is 2.34. The Hall–Kier alpha value is -2.44. The van der Waals surface area contributed by atoms with Gasteiger partial charge in [-0.1, -0.05) is 12.1 Å². The number of nitriles is 1. The third-order valence-corrected chi connectivity index (χ3v) is 6.00. The second-order valence-electron chi connectivity index (χ2n) is 5.79. The Balaban J connectivity index is 2.38. The van der Waals surface area contributed by atoms with Gasteiger partial charge in [-0.15, -0.1) is 0 Å². The van der Waals surface area contributed by atoms with Crippen LogP contribution >= 0.6 is 0 Å². The Morgan fingerprint density at radius 2 is 1.88 bits per heavy atom. The van der Waals surface area contributed by atoms with Gasteiger partial charge in [0.25, 0.3) is 0 Å². The van der Waals surface area contributed by atoms with E-state index in [0.717, 1.165) is 16.6 Å². The third-order valence-electron chi connectivity index (χ3n) is 4.10. The minimum absolute atomic E-state index is 0.0146. The van der Waals surface area contributed by atoms with Gasteiger partial charge in [-0.25, -0.2) is 8.42 Å². The minimum Gasteiger partial charge on any atom is -0.262 e. The average Bonchev–Trinajstić information content (AvgIpc) is 2.59. The summed E-state index contributed by atoms with van der Waals surface area (Å²) in [5.74, 6) is 0. The highest BCUT2D eigenvalue weighted by Gasteiger charge is 2.33. The summed E-state index contributed by atoms with van der Waals surface area (Å²) in [6, 6.07) is 5.82. The summed E-state index contributed by atoms with van der Waals surface area (Å²) in [5, 5.41) is 8.89. The van der Waals surface area contributed by atoms with E-state index in [9.17, 15) is 21.6 Å². The number of hydrogen-bond donors (Lipinski definition) is 0. The second-order valence-corrected chi connectivity index (χ2v) is 7.79. The molecule has 1 aromatic heterocycles. The molecule has 0 aliphatic rings. The van der Waals surface area contributed by atoms with Gasteiger partial charge in [-0.2, -0.15) is 22.7 Å². The molecule has 0 spiro atoms. The Morgan fingerprint density at radius 3 is 2.42 bits per heavy atom. The van der Waals surface area contributed by atoms with Crippen LogP contribution < -0.4 is 0 Å². The molecule has 0 unspecified atom stereocenters. The van der Waals surface area contributed by atoms with E-state index < -0.39 is 27.8 Å².